The Labute approximate surface area is 144 Å². The first-order valence-electron chi connectivity index (χ1n) is 8.05. The minimum Gasteiger partial charge on any atom is -0.378 e. The summed E-state index contributed by atoms with van der Waals surface area (Å²) in [7, 11) is 0. The number of nitriles is 2. The number of nitrogens with zero attached hydrogens (tertiary/aromatic N) is 4. The molecule has 4 rings (SSSR count). The van der Waals surface area contributed by atoms with Crippen LogP contribution in [-0.2, 0) is 4.74 Å². The summed E-state index contributed by atoms with van der Waals surface area (Å²) >= 11 is 0. The van der Waals surface area contributed by atoms with E-state index >= 15 is 0 Å². The zero-order chi connectivity index (χ0) is 17.2. The second-order valence-electron chi connectivity index (χ2n) is 5.85. The van der Waals surface area contributed by atoms with Crippen LogP contribution in [0.4, 0.5) is 5.69 Å². The number of fused-ring (bicyclic) bond motifs is 1. The average molecular weight is 329 g/mol. The van der Waals surface area contributed by atoms with Gasteiger partial charge in [0.25, 0.3) is 0 Å². The van der Waals surface area contributed by atoms with Gasteiger partial charge in [-0.05, 0) is 17.7 Å². The number of nitrogens with one attached hydrogen (secondary N) is 1. The van der Waals surface area contributed by atoms with Gasteiger partial charge in [-0.2, -0.15) is 10.5 Å². The molecule has 1 fully saturated rings. The Morgan fingerprint density at radius 3 is 2.76 bits per heavy atom. The van der Waals surface area contributed by atoms with Crippen LogP contribution in [0.5, 0.6) is 0 Å². The monoisotopic (exact) mass is 329 g/mol. The Balaban J connectivity index is 1.97. The van der Waals surface area contributed by atoms with E-state index in [4.69, 9.17) is 4.74 Å². The SMILES string of the molecule is N#Cc1cccc(-c2c[nH]c3ncc(C#N)c(N4CCOCC4)c23)c1. The Bertz CT molecular complexity index is 1020. The van der Waals surface area contributed by atoms with E-state index in [9.17, 15) is 10.5 Å². The third-order valence-corrected chi connectivity index (χ3v) is 4.42. The average Bonchev–Trinajstić information content (AvgIpc) is 3.12. The summed E-state index contributed by atoms with van der Waals surface area (Å²) in [6, 6.07) is 11.9. The number of H-pyrrole nitrogens is 1. The van der Waals surface area contributed by atoms with E-state index in [1.54, 1.807) is 12.3 Å². The number of hydrogen-bond acceptors (Lipinski definition) is 5. The summed E-state index contributed by atoms with van der Waals surface area (Å²) in [6.07, 6.45) is 3.50. The molecule has 0 radical (unpaired) electrons. The van der Waals surface area contributed by atoms with E-state index in [1.165, 1.54) is 0 Å². The number of aromatic nitrogens is 2. The van der Waals surface area contributed by atoms with E-state index in [1.807, 2.05) is 24.4 Å². The molecule has 0 bridgehead atoms. The second-order valence-corrected chi connectivity index (χ2v) is 5.85. The first-order valence-corrected chi connectivity index (χ1v) is 8.05. The zero-order valence-electron chi connectivity index (χ0n) is 13.5. The van der Waals surface area contributed by atoms with Crippen molar-refractivity contribution >= 4 is 16.7 Å². The quantitative estimate of drug-likeness (QED) is 0.781. The lowest BCUT2D eigenvalue weighted by molar-refractivity contribution is 0.123. The van der Waals surface area contributed by atoms with Crippen molar-refractivity contribution in [3.8, 4) is 23.3 Å². The van der Waals surface area contributed by atoms with Gasteiger partial charge in [0.15, 0.2) is 0 Å². The summed E-state index contributed by atoms with van der Waals surface area (Å²) in [5.41, 5.74) is 4.64. The molecule has 0 saturated carbocycles. The predicted octanol–water partition coefficient (Wildman–Crippen LogP) is 2.81. The molecule has 1 aromatic carbocycles. The third-order valence-electron chi connectivity index (χ3n) is 4.42. The molecule has 122 valence electrons. The summed E-state index contributed by atoms with van der Waals surface area (Å²) in [5.74, 6) is 0. The first-order chi connectivity index (χ1) is 12.3. The van der Waals surface area contributed by atoms with E-state index in [0.717, 1.165) is 40.9 Å². The first kappa shape index (κ1) is 15.2. The number of benzene rings is 1. The maximum atomic E-state index is 9.59. The van der Waals surface area contributed by atoms with Gasteiger partial charge in [0, 0.05) is 31.0 Å². The molecule has 6 heteroatoms. The lowest BCUT2D eigenvalue weighted by atomic mass is 10.0. The smallest absolute Gasteiger partial charge is 0.140 e. The summed E-state index contributed by atoms with van der Waals surface area (Å²) in [6.45, 7) is 2.74. The molecule has 0 aliphatic carbocycles. The van der Waals surface area contributed by atoms with Gasteiger partial charge in [0.05, 0.1) is 41.5 Å². The molecule has 3 aromatic rings. The highest BCUT2D eigenvalue weighted by Crippen LogP contribution is 2.37. The highest BCUT2D eigenvalue weighted by molar-refractivity contribution is 6.04. The fourth-order valence-electron chi connectivity index (χ4n) is 3.26. The molecule has 1 saturated heterocycles. The summed E-state index contributed by atoms with van der Waals surface area (Å²) < 4.78 is 5.45. The molecule has 0 spiro atoms. The van der Waals surface area contributed by atoms with Crippen LogP contribution >= 0.6 is 0 Å². The van der Waals surface area contributed by atoms with E-state index < -0.39 is 0 Å². The lowest BCUT2D eigenvalue weighted by Crippen LogP contribution is -2.36. The van der Waals surface area contributed by atoms with Crippen molar-refractivity contribution in [3.05, 3.63) is 47.8 Å². The molecule has 0 atom stereocenters. The number of pyridine rings is 1. The van der Waals surface area contributed by atoms with Crippen molar-refractivity contribution in [2.45, 2.75) is 0 Å². The van der Waals surface area contributed by atoms with Crippen molar-refractivity contribution in [1.29, 1.82) is 10.5 Å². The van der Waals surface area contributed by atoms with Crippen LogP contribution in [0.1, 0.15) is 11.1 Å². The Hall–Kier alpha value is -3.35. The Morgan fingerprint density at radius 1 is 1.16 bits per heavy atom. The highest BCUT2D eigenvalue weighted by atomic mass is 16.5. The number of aromatic amines is 1. The van der Waals surface area contributed by atoms with Gasteiger partial charge in [0.1, 0.15) is 11.7 Å². The minimum atomic E-state index is 0.548. The number of ether oxygens (including phenoxy) is 1. The van der Waals surface area contributed by atoms with Gasteiger partial charge < -0.3 is 14.6 Å². The van der Waals surface area contributed by atoms with Crippen LogP contribution in [0.25, 0.3) is 22.2 Å². The van der Waals surface area contributed by atoms with Crippen LogP contribution in [0.2, 0.25) is 0 Å². The fraction of sp³-hybridized carbons (Fsp3) is 0.211. The van der Waals surface area contributed by atoms with Crippen LogP contribution in [-0.4, -0.2) is 36.3 Å². The largest absolute Gasteiger partial charge is 0.378 e. The van der Waals surface area contributed by atoms with Crippen LogP contribution < -0.4 is 4.90 Å². The normalized spacial score (nSPS) is 14.2. The maximum absolute atomic E-state index is 9.59. The number of anilines is 1. The van der Waals surface area contributed by atoms with Gasteiger partial charge in [-0.15, -0.1) is 0 Å². The van der Waals surface area contributed by atoms with Crippen LogP contribution in [0, 0.1) is 22.7 Å². The van der Waals surface area contributed by atoms with E-state index in [-0.39, 0.29) is 0 Å². The van der Waals surface area contributed by atoms with Gasteiger partial charge in [-0.25, -0.2) is 4.98 Å². The Kier molecular flexibility index (Phi) is 3.81. The molecule has 25 heavy (non-hydrogen) atoms. The summed E-state index contributed by atoms with van der Waals surface area (Å²) in [4.78, 5) is 9.77. The lowest BCUT2D eigenvalue weighted by Gasteiger charge is -2.30. The molecule has 1 aliphatic heterocycles. The third kappa shape index (κ3) is 2.59. The van der Waals surface area contributed by atoms with Crippen molar-refractivity contribution in [2.75, 3.05) is 31.2 Å². The van der Waals surface area contributed by atoms with Crippen molar-refractivity contribution in [1.82, 2.24) is 9.97 Å². The van der Waals surface area contributed by atoms with E-state index in [2.05, 4.69) is 27.0 Å². The maximum Gasteiger partial charge on any atom is 0.140 e. The number of morpholine rings is 1. The highest BCUT2D eigenvalue weighted by Gasteiger charge is 2.22. The van der Waals surface area contributed by atoms with Gasteiger partial charge in [-0.3, -0.25) is 0 Å². The topological polar surface area (TPSA) is 88.7 Å². The van der Waals surface area contributed by atoms with Crippen molar-refractivity contribution in [3.63, 3.8) is 0 Å². The molecule has 6 nitrogen and oxygen atoms in total. The van der Waals surface area contributed by atoms with Gasteiger partial charge in [-0.1, -0.05) is 12.1 Å². The van der Waals surface area contributed by atoms with Crippen molar-refractivity contribution < 1.29 is 4.74 Å². The molecular formula is C19H15N5O. The molecule has 2 aromatic heterocycles. The summed E-state index contributed by atoms with van der Waals surface area (Å²) in [5, 5.41) is 19.7. The molecule has 0 unspecified atom stereocenters. The Morgan fingerprint density at radius 2 is 2.00 bits per heavy atom. The van der Waals surface area contributed by atoms with Crippen LogP contribution in [0.3, 0.4) is 0 Å². The van der Waals surface area contributed by atoms with Gasteiger partial charge >= 0.3 is 0 Å². The van der Waals surface area contributed by atoms with Gasteiger partial charge in [0.2, 0.25) is 0 Å². The molecular weight excluding hydrogens is 314 g/mol. The number of hydrogen-bond donors (Lipinski definition) is 1. The minimum absolute atomic E-state index is 0.548. The second kappa shape index (κ2) is 6.27. The number of rotatable bonds is 2. The standard InChI is InChI=1S/C19H15N5O/c20-9-13-2-1-3-14(8-13)16-12-23-19-17(16)18(15(10-21)11-22-19)24-4-6-25-7-5-24/h1-3,8,11-12H,4-7H2,(H,22,23). The molecule has 1 N–H and O–H groups in total. The molecule has 1 aliphatic rings. The molecule has 0 amide bonds. The zero-order valence-corrected chi connectivity index (χ0v) is 13.5. The van der Waals surface area contributed by atoms with Crippen molar-refractivity contribution in [2.24, 2.45) is 0 Å². The van der Waals surface area contributed by atoms with Crippen LogP contribution in [0.15, 0.2) is 36.7 Å². The van der Waals surface area contributed by atoms with E-state index in [0.29, 0.717) is 24.3 Å². The fourth-order valence-corrected chi connectivity index (χ4v) is 3.26. The predicted molar refractivity (Wildman–Crippen MR) is 94.0 cm³/mol. The molecule has 3 heterocycles.